The summed E-state index contributed by atoms with van der Waals surface area (Å²) < 4.78 is 11.8. The van der Waals surface area contributed by atoms with E-state index in [1.165, 1.54) is 0 Å². The summed E-state index contributed by atoms with van der Waals surface area (Å²) in [4.78, 5) is 19.0. The van der Waals surface area contributed by atoms with Crippen molar-refractivity contribution in [2.45, 2.75) is 20.4 Å². The van der Waals surface area contributed by atoms with E-state index < -0.39 is 0 Å². The second kappa shape index (κ2) is 6.33. The van der Waals surface area contributed by atoms with Crippen molar-refractivity contribution < 1.29 is 14.3 Å². The Balaban J connectivity index is 1.67. The number of carbonyl (C=O) groups is 1. The molecule has 0 saturated heterocycles. The minimum atomic E-state index is -0.0948. The lowest BCUT2D eigenvalue weighted by Gasteiger charge is -2.30. The maximum Gasteiger partial charge on any atom is 0.231 e. The van der Waals surface area contributed by atoms with Gasteiger partial charge in [0, 0.05) is 25.5 Å². The summed E-state index contributed by atoms with van der Waals surface area (Å²) >= 11 is 0. The van der Waals surface area contributed by atoms with Gasteiger partial charge in [-0.25, -0.2) is 0 Å². The Kier molecular flexibility index (Phi) is 4.01. The number of allylic oxidation sites excluding steroid dienone is 1. The Morgan fingerprint density at radius 2 is 2.20 bits per heavy atom. The Hall–Kier alpha value is -2.66. The lowest BCUT2D eigenvalue weighted by molar-refractivity contribution is 0.0832. The summed E-state index contributed by atoms with van der Waals surface area (Å²) in [5.74, 6) is 2.21. The van der Waals surface area contributed by atoms with Gasteiger partial charge in [-0.1, -0.05) is 19.9 Å². The quantitative estimate of drug-likeness (QED) is 0.803. The molecule has 0 spiro atoms. The molecule has 0 amide bonds. The standard InChI is InChI=1S/C20H20N2O3/c1-13(2)10-22-11-16-17(24-12-22)6-5-15-19(23)18(25-20(15)16)8-14-4-3-7-21-9-14/h3-9,13H,10-12H2,1-2H3/b18-8-. The monoisotopic (exact) mass is 336 g/mol. The van der Waals surface area contributed by atoms with Crippen LogP contribution in [-0.4, -0.2) is 28.9 Å². The first-order valence-electron chi connectivity index (χ1n) is 8.47. The van der Waals surface area contributed by atoms with Crippen LogP contribution in [0.3, 0.4) is 0 Å². The highest BCUT2D eigenvalue weighted by molar-refractivity contribution is 6.15. The smallest absolute Gasteiger partial charge is 0.231 e. The molecule has 0 radical (unpaired) electrons. The number of pyridine rings is 1. The molecular weight excluding hydrogens is 316 g/mol. The Bertz CT molecular complexity index is 844. The number of nitrogens with zero attached hydrogens (tertiary/aromatic N) is 2. The molecule has 4 rings (SSSR count). The molecule has 0 fully saturated rings. The van der Waals surface area contributed by atoms with E-state index in [1.807, 2.05) is 18.2 Å². The molecule has 0 atom stereocenters. The third kappa shape index (κ3) is 3.03. The fraction of sp³-hybridized carbons (Fsp3) is 0.300. The van der Waals surface area contributed by atoms with Crippen LogP contribution in [-0.2, 0) is 6.54 Å². The van der Waals surface area contributed by atoms with Gasteiger partial charge in [0.05, 0.1) is 11.1 Å². The highest BCUT2D eigenvalue weighted by atomic mass is 16.5. The summed E-state index contributed by atoms with van der Waals surface area (Å²) in [5, 5.41) is 0. The van der Waals surface area contributed by atoms with Gasteiger partial charge in [-0.2, -0.15) is 0 Å². The van der Waals surface area contributed by atoms with Crippen LogP contribution in [0.5, 0.6) is 11.5 Å². The predicted octanol–water partition coefficient (Wildman–Crippen LogP) is 3.51. The summed E-state index contributed by atoms with van der Waals surface area (Å²) in [6, 6.07) is 7.38. The summed E-state index contributed by atoms with van der Waals surface area (Å²) in [5.41, 5.74) is 2.39. The van der Waals surface area contributed by atoms with E-state index in [-0.39, 0.29) is 5.78 Å². The van der Waals surface area contributed by atoms with Gasteiger partial charge in [0.25, 0.3) is 0 Å². The predicted molar refractivity (Wildman–Crippen MR) is 94.4 cm³/mol. The molecule has 5 heteroatoms. The average molecular weight is 336 g/mol. The zero-order valence-electron chi connectivity index (χ0n) is 14.4. The molecule has 1 aromatic carbocycles. The first-order valence-corrected chi connectivity index (χ1v) is 8.47. The molecule has 0 aliphatic carbocycles. The van der Waals surface area contributed by atoms with Crippen molar-refractivity contribution in [3.8, 4) is 11.5 Å². The Labute approximate surface area is 146 Å². The number of rotatable bonds is 3. The van der Waals surface area contributed by atoms with Crippen LogP contribution in [0, 0.1) is 5.92 Å². The number of ketones is 1. The number of carbonyl (C=O) groups excluding carboxylic acids is 1. The van der Waals surface area contributed by atoms with Crippen LogP contribution in [0.1, 0.15) is 35.3 Å². The van der Waals surface area contributed by atoms with E-state index in [1.54, 1.807) is 24.5 Å². The number of ether oxygens (including phenoxy) is 2. The SMILES string of the molecule is CC(C)CN1COc2ccc3c(c2C1)O/C(=C\c1cccnc1)C3=O. The first kappa shape index (κ1) is 15.8. The van der Waals surface area contributed by atoms with Crippen LogP contribution in [0.2, 0.25) is 0 Å². The molecule has 0 unspecified atom stereocenters. The second-order valence-electron chi connectivity index (χ2n) is 6.82. The van der Waals surface area contributed by atoms with E-state index in [4.69, 9.17) is 9.47 Å². The van der Waals surface area contributed by atoms with E-state index in [9.17, 15) is 4.79 Å². The van der Waals surface area contributed by atoms with Crippen LogP contribution in [0.4, 0.5) is 0 Å². The van der Waals surface area contributed by atoms with Crippen molar-refractivity contribution in [1.29, 1.82) is 0 Å². The second-order valence-corrected chi connectivity index (χ2v) is 6.82. The normalized spacial score (nSPS) is 18.0. The lowest BCUT2D eigenvalue weighted by Crippen LogP contribution is -2.34. The maximum absolute atomic E-state index is 12.7. The third-order valence-corrected chi connectivity index (χ3v) is 4.29. The van der Waals surface area contributed by atoms with Crippen LogP contribution in [0.25, 0.3) is 6.08 Å². The van der Waals surface area contributed by atoms with Crippen molar-refractivity contribution in [3.05, 3.63) is 59.1 Å². The molecule has 0 N–H and O–H groups in total. The fourth-order valence-electron chi connectivity index (χ4n) is 3.25. The van der Waals surface area contributed by atoms with Crippen molar-refractivity contribution in [2.24, 2.45) is 5.92 Å². The highest BCUT2D eigenvalue weighted by Gasteiger charge is 2.33. The minimum absolute atomic E-state index is 0.0948. The van der Waals surface area contributed by atoms with E-state index in [0.717, 1.165) is 30.0 Å². The summed E-state index contributed by atoms with van der Waals surface area (Å²) in [6.45, 7) is 6.59. The molecule has 5 nitrogen and oxygen atoms in total. The van der Waals surface area contributed by atoms with Gasteiger partial charge in [0.15, 0.2) is 5.76 Å². The number of aromatic nitrogens is 1. The molecule has 2 aliphatic heterocycles. The van der Waals surface area contributed by atoms with Crippen molar-refractivity contribution in [2.75, 3.05) is 13.3 Å². The third-order valence-electron chi connectivity index (χ3n) is 4.29. The van der Waals surface area contributed by atoms with Gasteiger partial charge in [-0.3, -0.25) is 14.7 Å². The van der Waals surface area contributed by atoms with Crippen molar-refractivity contribution in [1.82, 2.24) is 9.88 Å². The summed E-state index contributed by atoms with van der Waals surface area (Å²) in [7, 11) is 0. The van der Waals surface area contributed by atoms with Gasteiger partial charge in [0.1, 0.15) is 18.2 Å². The van der Waals surface area contributed by atoms with Crippen molar-refractivity contribution in [3.63, 3.8) is 0 Å². The summed E-state index contributed by atoms with van der Waals surface area (Å²) in [6.07, 6.45) is 5.14. The van der Waals surface area contributed by atoms with Crippen LogP contribution >= 0.6 is 0 Å². The maximum atomic E-state index is 12.7. The van der Waals surface area contributed by atoms with Gasteiger partial charge in [0.2, 0.25) is 5.78 Å². The van der Waals surface area contributed by atoms with E-state index >= 15 is 0 Å². The van der Waals surface area contributed by atoms with Gasteiger partial charge >= 0.3 is 0 Å². The van der Waals surface area contributed by atoms with Gasteiger partial charge < -0.3 is 9.47 Å². The molecule has 2 aromatic rings. The molecule has 1 aromatic heterocycles. The molecule has 3 heterocycles. The van der Waals surface area contributed by atoms with Crippen LogP contribution < -0.4 is 9.47 Å². The van der Waals surface area contributed by atoms with Gasteiger partial charge in [-0.15, -0.1) is 0 Å². The van der Waals surface area contributed by atoms with Gasteiger partial charge in [-0.05, 0) is 35.8 Å². The van der Waals surface area contributed by atoms with E-state index in [2.05, 4.69) is 23.7 Å². The highest BCUT2D eigenvalue weighted by Crippen LogP contribution is 2.42. The molecule has 25 heavy (non-hydrogen) atoms. The zero-order valence-corrected chi connectivity index (χ0v) is 14.4. The molecule has 128 valence electrons. The number of benzene rings is 1. The largest absolute Gasteiger partial charge is 0.478 e. The topological polar surface area (TPSA) is 51.7 Å². The zero-order chi connectivity index (χ0) is 17.4. The lowest BCUT2D eigenvalue weighted by atomic mass is 10.0. The number of hydrogen-bond donors (Lipinski definition) is 0. The Morgan fingerprint density at radius 3 is 2.96 bits per heavy atom. The number of fused-ring (bicyclic) bond motifs is 3. The fourth-order valence-corrected chi connectivity index (χ4v) is 3.25. The molecule has 2 aliphatic rings. The molecule has 0 bridgehead atoms. The minimum Gasteiger partial charge on any atom is -0.478 e. The number of Topliss-reactive ketones (excluding diaryl/α,β-unsaturated/α-hetero) is 1. The van der Waals surface area contributed by atoms with Crippen molar-refractivity contribution >= 4 is 11.9 Å². The molecular formula is C20H20N2O3. The molecule has 0 saturated carbocycles. The Morgan fingerprint density at radius 1 is 1.32 bits per heavy atom. The first-order chi connectivity index (χ1) is 12.1. The average Bonchev–Trinajstić information content (AvgIpc) is 2.92. The number of hydrogen-bond acceptors (Lipinski definition) is 5. The van der Waals surface area contributed by atoms with Crippen LogP contribution in [0.15, 0.2) is 42.4 Å². The van der Waals surface area contributed by atoms with E-state index in [0.29, 0.717) is 29.7 Å².